The Balaban J connectivity index is 2.81. The molecule has 0 saturated carbocycles. The highest BCUT2D eigenvalue weighted by Gasteiger charge is 2.44. The lowest BCUT2D eigenvalue weighted by atomic mass is 10.3. The lowest BCUT2D eigenvalue weighted by Crippen LogP contribution is -2.36. The molecule has 0 aliphatic carbocycles. The van der Waals surface area contributed by atoms with E-state index in [-0.39, 0.29) is 6.54 Å². The fourth-order valence-electron chi connectivity index (χ4n) is 1.52. The van der Waals surface area contributed by atoms with Gasteiger partial charge in [0.25, 0.3) is 10.2 Å². The van der Waals surface area contributed by atoms with Crippen LogP contribution in [0, 0.1) is 0 Å². The molecule has 1 aliphatic rings. The SMILES string of the molecule is CCCCN1CC(C(=O)O)N(C)S1(=O)=O. The van der Waals surface area contributed by atoms with E-state index in [0.717, 1.165) is 17.1 Å². The topological polar surface area (TPSA) is 77.9 Å². The Morgan fingerprint density at radius 2 is 2.13 bits per heavy atom. The normalized spacial score (nSPS) is 26.9. The number of carboxylic acid groups (broad SMARTS) is 1. The third kappa shape index (κ3) is 2.30. The lowest BCUT2D eigenvalue weighted by Gasteiger charge is -2.14. The molecule has 6 nitrogen and oxygen atoms in total. The quantitative estimate of drug-likeness (QED) is 0.729. The number of hydrogen-bond donors (Lipinski definition) is 1. The third-order valence-corrected chi connectivity index (χ3v) is 4.52. The van der Waals surface area contributed by atoms with Crippen molar-refractivity contribution < 1.29 is 18.3 Å². The molecule has 0 bridgehead atoms. The molecule has 0 aromatic heterocycles. The summed E-state index contributed by atoms with van der Waals surface area (Å²) in [6, 6.07) is -0.952. The summed E-state index contributed by atoms with van der Waals surface area (Å²) >= 11 is 0. The Labute approximate surface area is 89.7 Å². The summed E-state index contributed by atoms with van der Waals surface area (Å²) in [6.45, 7) is 2.40. The van der Waals surface area contributed by atoms with Gasteiger partial charge in [-0.25, -0.2) is 0 Å². The van der Waals surface area contributed by atoms with E-state index in [9.17, 15) is 13.2 Å². The minimum Gasteiger partial charge on any atom is -0.480 e. The molecule has 1 unspecified atom stereocenters. The van der Waals surface area contributed by atoms with Gasteiger partial charge in [0.2, 0.25) is 0 Å². The minimum absolute atomic E-state index is 0.0498. The van der Waals surface area contributed by atoms with E-state index >= 15 is 0 Å². The van der Waals surface area contributed by atoms with Gasteiger partial charge in [0.05, 0.1) is 0 Å². The summed E-state index contributed by atoms with van der Waals surface area (Å²) in [5, 5.41) is 8.83. The van der Waals surface area contributed by atoms with Crippen LogP contribution in [0.1, 0.15) is 19.8 Å². The Morgan fingerprint density at radius 1 is 1.53 bits per heavy atom. The lowest BCUT2D eigenvalue weighted by molar-refractivity contribution is -0.140. The molecular weight excluding hydrogens is 220 g/mol. The smallest absolute Gasteiger partial charge is 0.323 e. The van der Waals surface area contributed by atoms with Crippen molar-refractivity contribution in [1.82, 2.24) is 8.61 Å². The van der Waals surface area contributed by atoms with Gasteiger partial charge in [-0.2, -0.15) is 17.0 Å². The van der Waals surface area contributed by atoms with Gasteiger partial charge in [-0.05, 0) is 6.42 Å². The Kier molecular flexibility index (Phi) is 3.69. The van der Waals surface area contributed by atoms with Gasteiger partial charge >= 0.3 is 5.97 Å². The summed E-state index contributed by atoms with van der Waals surface area (Å²) in [6.07, 6.45) is 1.63. The number of carboxylic acids is 1. The molecule has 1 saturated heterocycles. The van der Waals surface area contributed by atoms with Crippen LogP contribution in [0.15, 0.2) is 0 Å². The zero-order valence-corrected chi connectivity index (χ0v) is 9.70. The molecule has 1 rings (SSSR count). The predicted octanol–water partition coefficient (Wildman–Crippen LogP) is -0.268. The first-order valence-electron chi connectivity index (χ1n) is 4.87. The van der Waals surface area contributed by atoms with Crippen molar-refractivity contribution in [3.63, 3.8) is 0 Å². The maximum atomic E-state index is 11.7. The first kappa shape index (κ1) is 12.4. The van der Waals surface area contributed by atoms with Gasteiger partial charge < -0.3 is 5.11 Å². The standard InChI is InChI=1S/C8H16N2O4S/c1-3-4-5-10-6-7(8(11)12)9(2)15(10,13)14/h7H,3-6H2,1-2H3,(H,11,12). The van der Waals surface area contributed by atoms with Crippen molar-refractivity contribution in [2.24, 2.45) is 0 Å². The van der Waals surface area contributed by atoms with Crippen LogP contribution in [-0.2, 0) is 15.0 Å². The fraction of sp³-hybridized carbons (Fsp3) is 0.875. The minimum atomic E-state index is -3.55. The first-order chi connectivity index (χ1) is 6.91. The largest absolute Gasteiger partial charge is 0.480 e. The van der Waals surface area contributed by atoms with Gasteiger partial charge in [-0.15, -0.1) is 0 Å². The number of aliphatic carboxylic acids is 1. The summed E-state index contributed by atoms with van der Waals surface area (Å²) in [5.74, 6) is -1.10. The number of unbranched alkanes of at least 4 members (excludes halogenated alkanes) is 1. The van der Waals surface area contributed by atoms with Crippen molar-refractivity contribution in [3.05, 3.63) is 0 Å². The van der Waals surface area contributed by atoms with Crippen LogP contribution in [-0.4, -0.2) is 54.3 Å². The van der Waals surface area contributed by atoms with E-state index in [1.165, 1.54) is 11.4 Å². The van der Waals surface area contributed by atoms with Crippen LogP contribution >= 0.6 is 0 Å². The van der Waals surface area contributed by atoms with E-state index in [2.05, 4.69) is 0 Å². The Morgan fingerprint density at radius 3 is 2.53 bits per heavy atom. The summed E-state index contributed by atoms with van der Waals surface area (Å²) < 4.78 is 25.6. The van der Waals surface area contributed by atoms with Crippen molar-refractivity contribution in [3.8, 4) is 0 Å². The maximum Gasteiger partial charge on any atom is 0.323 e. The fourth-order valence-corrected chi connectivity index (χ4v) is 3.05. The molecule has 0 amide bonds. The van der Waals surface area contributed by atoms with E-state index in [0.29, 0.717) is 6.54 Å². The van der Waals surface area contributed by atoms with E-state index in [1.54, 1.807) is 0 Å². The average molecular weight is 236 g/mol. The second-order valence-corrected chi connectivity index (χ2v) is 5.58. The molecule has 0 aromatic rings. The second kappa shape index (κ2) is 4.46. The molecule has 1 fully saturated rings. The molecule has 88 valence electrons. The summed E-state index contributed by atoms with van der Waals surface area (Å²) in [4.78, 5) is 10.8. The van der Waals surface area contributed by atoms with Crippen LogP contribution in [0.3, 0.4) is 0 Å². The highest BCUT2D eigenvalue weighted by atomic mass is 32.2. The van der Waals surface area contributed by atoms with Gasteiger partial charge in [0, 0.05) is 20.1 Å². The highest BCUT2D eigenvalue weighted by Crippen LogP contribution is 2.20. The molecule has 1 N–H and O–H groups in total. The van der Waals surface area contributed by atoms with Crippen LogP contribution in [0.5, 0.6) is 0 Å². The van der Waals surface area contributed by atoms with Gasteiger partial charge in [-0.3, -0.25) is 4.79 Å². The van der Waals surface area contributed by atoms with Crippen molar-refractivity contribution in [1.29, 1.82) is 0 Å². The zero-order valence-electron chi connectivity index (χ0n) is 8.88. The van der Waals surface area contributed by atoms with E-state index in [4.69, 9.17) is 5.11 Å². The van der Waals surface area contributed by atoms with Gasteiger partial charge in [0.15, 0.2) is 0 Å². The van der Waals surface area contributed by atoms with E-state index < -0.39 is 22.2 Å². The van der Waals surface area contributed by atoms with Crippen molar-refractivity contribution >= 4 is 16.2 Å². The number of nitrogens with zero attached hydrogens (tertiary/aromatic N) is 2. The monoisotopic (exact) mass is 236 g/mol. The number of likely N-dealkylation sites (N-methyl/N-ethyl adjacent to an activating group) is 1. The molecule has 1 aliphatic heterocycles. The molecule has 0 spiro atoms. The molecule has 15 heavy (non-hydrogen) atoms. The highest BCUT2D eigenvalue weighted by molar-refractivity contribution is 7.87. The van der Waals surface area contributed by atoms with Gasteiger partial charge in [-0.1, -0.05) is 13.3 Å². The van der Waals surface area contributed by atoms with Crippen LogP contribution < -0.4 is 0 Å². The summed E-state index contributed by atoms with van der Waals surface area (Å²) in [5.41, 5.74) is 0. The molecular formula is C8H16N2O4S. The predicted molar refractivity (Wildman–Crippen MR) is 54.6 cm³/mol. The van der Waals surface area contributed by atoms with Gasteiger partial charge in [0.1, 0.15) is 6.04 Å². The average Bonchev–Trinajstić information content (AvgIpc) is 2.37. The van der Waals surface area contributed by atoms with Crippen LogP contribution in [0.2, 0.25) is 0 Å². The molecule has 1 heterocycles. The van der Waals surface area contributed by atoms with Crippen molar-refractivity contribution in [2.75, 3.05) is 20.1 Å². The third-order valence-electron chi connectivity index (χ3n) is 2.55. The maximum absolute atomic E-state index is 11.7. The number of hydrogen-bond acceptors (Lipinski definition) is 3. The molecule has 0 radical (unpaired) electrons. The number of carbonyl (C=O) groups is 1. The number of rotatable bonds is 4. The van der Waals surface area contributed by atoms with Crippen LogP contribution in [0.4, 0.5) is 0 Å². The molecule has 1 atom stereocenters. The van der Waals surface area contributed by atoms with Crippen molar-refractivity contribution in [2.45, 2.75) is 25.8 Å². The molecule has 7 heteroatoms. The zero-order chi connectivity index (χ0) is 11.6. The van der Waals surface area contributed by atoms with Crippen LogP contribution in [0.25, 0.3) is 0 Å². The van der Waals surface area contributed by atoms with E-state index in [1.807, 2.05) is 6.92 Å². The Hall–Kier alpha value is -0.660. The summed E-state index contributed by atoms with van der Waals surface area (Å²) in [7, 11) is -2.24. The first-order valence-corrected chi connectivity index (χ1v) is 6.27. The second-order valence-electron chi connectivity index (χ2n) is 3.59. The Bertz CT molecular complexity index is 341. The molecule has 0 aromatic carbocycles.